The smallest absolute Gasteiger partial charge is 0.226 e. The van der Waals surface area contributed by atoms with Crippen LogP contribution >= 0.6 is 0 Å². The average molecular weight is 331 g/mol. The first-order valence-corrected chi connectivity index (χ1v) is 8.53. The Hall–Kier alpha value is -2.18. The van der Waals surface area contributed by atoms with E-state index in [-0.39, 0.29) is 11.3 Å². The van der Waals surface area contributed by atoms with E-state index in [2.05, 4.69) is 41.1 Å². The molecule has 1 N–H and O–H groups in total. The van der Waals surface area contributed by atoms with E-state index in [4.69, 9.17) is 4.52 Å². The van der Waals surface area contributed by atoms with Crippen molar-refractivity contribution in [3.05, 3.63) is 29.7 Å². The Kier molecular flexibility index (Phi) is 4.69. The van der Waals surface area contributed by atoms with Crippen molar-refractivity contribution >= 4 is 5.91 Å². The standard InChI is InChI=1S/C17H25N5O2/c1-17(2,3)16-19-14(24-21-16)5-4-6-15(23)22-10-8-12(11-22)13-7-9-18-20-13/h7,9,12H,4-6,8,10-11H2,1-3H3,(H,18,20). The lowest BCUT2D eigenvalue weighted by atomic mass is 9.96. The number of nitrogens with one attached hydrogen (secondary N) is 1. The van der Waals surface area contributed by atoms with Crippen molar-refractivity contribution < 1.29 is 9.32 Å². The lowest BCUT2D eigenvalue weighted by molar-refractivity contribution is -0.130. The molecule has 2 aromatic rings. The van der Waals surface area contributed by atoms with Crippen molar-refractivity contribution in [1.82, 2.24) is 25.2 Å². The van der Waals surface area contributed by atoms with Crippen molar-refractivity contribution in [3.8, 4) is 0 Å². The summed E-state index contributed by atoms with van der Waals surface area (Å²) in [4.78, 5) is 18.7. The maximum atomic E-state index is 12.3. The molecule has 1 unspecified atom stereocenters. The second-order valence-electron chi connectivity index (χ2n) is 7.45. The quantitative estimate of drug-likeness (QED) is 0.909. The first kappa shape index (κ1) is 16.7. The third-order valence-corrected chi connectivity index (χ3v) is 4.42. The molecule has 2 aromatic heterocycles. The number of likely N-dealkylation sites (tertiary alicyclic amines) is 1. The van der Waals surface area contributed by atoms with E-state index in [1.54, 1.807) is 6.20 Å². The fourth-order valence-corrected chi connectivity index (χ4v) is 2.94. The van der Waals surface area contributed by atoms with Gasteiger partial charge in [0, 0.05) is 49.2 Å². The van der Waals surface area contributed by atoms with Crippen LogP contribution in [0.3, 0.4) is 0 Å². The molecular formula is C17H25N5O2. The number of nitrogens with zero attached hydrogens (tertiary/aromatic N) is 4. The lowest BCUT2D eigenvalue weighted by Gasteiger charge is -2.15. The van der Waals surface area contributed by atoms with Crippen molar-refractivity contribution in [1.29, 1.82) is 0 Å². The van der Waals surface area contributed by atoms with Crippen molar-refractivity contribution in [2.75, 3.05) is 13.1 Å². The van der Waals surface area contributed by atoms with Gasteiger partial charge in [-0.3, -0.25) is 9.89 Å². The Balaban J connectivity index is 1.44. The molecule has 3 rings (SSSR count). The minimum absolute atomic E-state index is 0.116. The predicted octanol–water partition coefficient (Wildman–Crippen LogP) is 2.43. The fraction of sp³-hybridized carbons (Fsp3) is 0.647. The zero-order chi connectivity index (χ0) is 17.2. The normalized spacial score (nSPS) is 18.3. The minimum Gasteiger partial charge on any atom is -0.342 e. The molecule has 1 saturated heterocycles. The number of rotatable bonds is 5. The Labute approximate surface area is 141 Å². The molecule has 1 aliphatic rings. The summed E-state index contributed by atoms with van der Waals surface area (Å²) in [6, 6.07) is 1.99. The Morgan fingerprint density at radius 1 is 1.46 bits per heavy atom. The van der Waals surface area contributed by atoms with Crippen LogP contribution in [0.4, 0.5) is 0 Å². The number of carbonyl (C=O) groups is 1. The molecule has 0 bridgehead atoms. The van der Waals surface area contributed by atoms with Gasteiger partial charge in [-0.05, 0) is 18.9 Å². The highest BCUT2D eigenvalue weighted by molar-refractivity contribution is 5.76. The summed E-state index contributed by atoms with van der Waals surface area (Å²) in [6.07, 6.45) is 4.65. The largest absolute Gasteiger partial charge is 0.342 e. The first-order chi connectivity index (χ1) is 11.4. The number of H-pyrrole nitrogens is 1. The van der Waals surface area contributed by atoms with Crippen LogP contribution in [-0.2, 0) is 16.6 Å². The van der Waals surface area contributed by atoms with E-state index in [1.807, 2.05) is 11.0 Å². The second-order valence-corrected chi connectivity index (χ2v) is 7.45. The fourth-order valence-electron chi connectivity index (χ4n) is 2.94. The highest BCUT2D eigenvalue weighted by atomic mass is 16.5. The van der Waals surface area contributed by atoms with Crippen LogP contribution in [0.5, 0.6) is 0 Å². The Morgan fingerprint density at radius 2 is 2.29 bits per heavy atom. The summed E-state index contributed by atoms with van der Waals surface area (Å²) in [5.41, 5.74) is 1.00. The number of aromatic amines is 1. The van der Waals surface area contributed by atoms with Crippen LogP contribution < -0.4 is 0 Å². The van der Waals surface area contributed by atoms with E-state index < -0.39 is 0 Å². The Morgan fingerprint density at radius 3 is 2.96 bits per heavy atom. The molecular weight excluding hydrogens is 306 g/mol. The van der Waals surface area contributed by atoms with Gasteiger partial charge in [0.25, 0.3) is 0 Å². The van der Waals surface area contributed by atoms with Gasteiger partial charge in [-0.1, -0.05) is 25.9 Å². The minimum atomic E-state index is -0.116. The SMILES string of the molecule is CC(C)(C)c1noc(CCCC(=O)N2CCC(c3ccn[nH]3)C2)n1. The van der Waals surface area contributed by atoms with Gasteiger partial charge in [0.2, 0.25) is 11.8 Å². The van der Waals surface area contributed by atoms with Gasteiger partial charge < -0.3 is 9.42 Å². The zero-order valence-corrected chi connectivity index (χ0v) is 14.6. The summed E-state index contributed by atoms with van der Waals surface area (Å²) in [5.74, 6) is 1.91. The molecule has 0 radical (unpaired) electrons. The van der Waals surface area contributed by atoms with Crippen LogP contribution in [0.1, 0.15) is 63.4 Å². The van der Waals surface area contributed by atoms with Crippen LogP contribution in [0.2, 0.25) is 0 Å². The van der Waals surface area contributed by atoms with Gasteiger partial charge in [-0.2, -0.15) is 10.1 Å². The van der Waals surface area contributed by atoms with E-state index in [0.29, 0.717) is 30.5 Å². The molecule has 24 heavy (non-hydrogen) atoms. The van der Waals surface area contributed by atoms with Crippen molar-refractivity contribution in [2.24, 2.45) is 0 Å². The van der Waals surface area contributed by atoms with Crippen LogP contribution in [0, 0.1) is 0 Å². The van der Waals surface area contributed by atoms with E-state index in [0.717, 1.165) is 31.6 Å². The summed E-state index contributed by atoms with van der Waals surface area (Å²) < 4.78 is 5.27. The first-order valence-electron chi connectivity index (χ1n) is 8.53. The second kappa shape index (κ2) is 6.75. The van der Waals surface area contributed by atoms with Gasteiger partial charge in [-0.25, -0.2) is 0 Å². The number of carbonyl (C=O) groups excluding carboxylic acids is 1. The Bertz CT molecular complexity index is 671. The number of hydrogen-bond donors (Lipinski definition) is 1. The van der Waals surface area contributed by atoms with E-state index in [1.165, 1.54) is 0 Å². The third-order valence-electron chi connectivity index (χ3n) is 4.42. The van der Waals surface area contributed by atoms with Crippen LogP contribution in [0.25, 0.3) is 0 Å². The maximum absolute atomic E-state index is 12.3. The molecule has 0 saturated carbocycles. The molecule has 1 aliphatic heterocycles. The molecule has 0 spiro atoms. The molecule has 1 fully saturated rings. The van der Waals surface area contributed by atoms with Crippen molar-refractivity contribution in [2.45, 2.75) is 57.8 Å². The maximum Gasteiger partial charge on any atom is 0.226 e. The predicted molar refractivity (Wildman–Crippen MR) is 88.5 cm³/mol. The van der Waals surface area contributed by atoms with Gasteiger partial charge in [0.05, 0.1) is 0 Å². The highest BCUT2D eigenvalue weighted by Crippen LogP contribution is 2.26. The van der Waals surface area contributed by atoms with Gasteiger partial charge in [0.15, 0.2) is 5.82 Å². The summed E-state index contributed by atoms with van der Waals surface area (Å²) in [5, 5.41) is 11.0. The van der Waals surface area contributed by atoms with Crippen LogP contribution in [0.15, 0.2) is 16.8 Å². The molecule has 1 amide bonds. The van der Waals surface area contributed by atoms with Crippen molar-refractivity contribution in [3.63, 3.8) is 0 Å². The number of hydrogen-bond acceptors (Lipinski definition) is 5. The molecule has 130 valence electrons. The van der Waals surface area contributed by atoms with Crippen LogP contribution in [-0.4, -0.2) is 44.2 Å². The molecule has 0 aromatic carbocycles. The summed E-state index contributed by atoms with van der Waals surface area (Å²) in [7, 11) is 0. The number of aromatic nitrogens is 4. The third kappa shape index (κ3) is 3.83. The summed E-state index contributed by atoms with van der Waals surface area (Å²) >= 11 is 0. The lowest BCUT2D eigenvalue weighted by Crippen LogP contribution is -2.28. The van der Waals surface area contributed by atoms with Gasteiger partial charge in [0.1, 0.15) is 0 Å². The van der Waals surface area contributed by atoms with E-state index in [9.17, 15) is 4.79 Å². The van der Waals surface area contributed by atoms with E-state index >= 15 is 0 Å². The van der Waals surface area contributed by atoms with Gasteiger partial charge in [-0.15, -0.1) is 0 Å². The topological polar surface area (TPSA) is 87.9 Å². The monoisotopic (exact) mass is 331 g/mol. The van der Waals surface area contributed by atoms with Gasteiger partial charge >= 0.3 is 0 Å². The molecule has 3 heterocycles. The average Bonchev–Trinajstić information content (AvgIpc) is 3.26. The molecule has 7 heteroatoms. The zero-order valence-electron chi connectivity index (χ0n) is 14.6. The summed E-state index contributed by atoms with van der Waals surface area (Å²) in [6.45, 7) is 7.74. The molecule has 1 atom stereocenters. The highest BCUT2D eigenvalue weighted by Gasteiger charge is 2.28. The number of aryl methyl sites for hydroxylation is 1. The molecule has 7 nitrogen and oxygen atoms in total. The number of amides is 1. The molecule has 0 aliphatic carbocycles.